The minimum Gasteiger partial charge on any atom is -0.462 e. The van der Waals surface area contributed by atoms with Crippen LogP contribution in [0.3, 0.4) is 0 Å². The molecule has 1 N–H and O–H groups in total. The van der Waals surface area contributed by atoms with Crippen LogP contribution >= 0.6 is 0 Å². The van der Waals surface area contributed by atoms with E-state index in [2.05, 4.69) is 4.74 Å². The minimum atomic E-state index is -0.708. The van der Waals surface area contributed by atoms with Crippen LogP contribution in [-0.2, 0) is 11.3 Å². The molecule has 0 saturated heterocycles. The number of hydrogen-bond donors (Lipinski definition) is 1. The third-order valence-electron chi connectivity index (χ3n) is 1.71. The SMILES string of the molecule is CCOC(=O)c1cc(CO)ccc1F. The topological polar surface area (TPSA) is 46.5 Å². The van der Waals surface area contributed by atoms with Gasteiger partial charge < -0.3 is 9.84 Å². The molecule has 0 atom stereocenters. The van der Waals surface area contributed by atoms with Crippen LogP contribution in [0.15, 0.2) is 18.2 Å². The number of ether oxygens (including phenoxy) is 1. The molecule has 1 rings (SSSR count). The van der Waals surface area contributed by atoms with Crippen LogP contribution in [0.2, 0.25) is 0 Å². The van der Waals surface area contributed by atoms with Crippen LogP contribution in [0.25, 0.3) is 0 Å². The second kappa shape index (κ2) is 4.72. The van der Waals surface area contributed by atoms with E-state index in [4.69, 9.17) is 5.11 Å². The Kier molecular flexibility index (Phi) is 3.59. The minimum absolute atomic E-state index is 0.140. The molecule has 0 aliphatic heterocycles. The molecule has 0 saturated carbocycles. The maximum Gasteiger partial charge on any atom is 0.341 e. The average Bonchev–Trinajstić information content (AvgIpc) is 2.19. The number of carbonyl (C=O) groups is 1. The molecule has 1 aromatic carbocycles. The van der Waals surface area contributed by atoms with Crippen LogP contribution in [-0.4, -0.2) is 17.7 Å². The molecule has 0 fully saturated rings. The number of halogens is 1. The maximum atomic E-state index is 13.1. The Balaban J connectivity index is 2.99. The highest BCUT2D eigenvalue weighted by Gasteiger charge is 2.12. The number of carbonyl (C=O) groups excluding carboxylic acids is 1. The Labute approximate surface area is 81.1 Å². The molecule has 0 bridgehead atoms. The van der Waals surface area contributed by atoms with E-state index in [9.17, 15) is 9.18 Å². The van der Waals surface area contributed by atoms with Gasteiger partial charge in [-0.2, -0.15) is 0 Å². The van der Waals surface area contributed by atoms with Crippen molar-refractivity contribution in [2.45, 2.75) is 13.5 Å². The van der Waals surface area contributed by atoms with E-state index in [-0.39, 0.29) is 18.8 Å². The first-order chi connectivity index (χ1) is 6.69. The van der Waals surface area contributed by atoms with E-state index in [0.717, 1.165) is 6.07 Å². The lowest BCUT2D eigenvalue weighted by Crippen LogP contribution is -2.07. The lowest BCUT2D eigenvalue weighted by molar-refractivity contribution is 0.0521. The molecular formula is C10H11FO3. The summed E-state index contributed by atoms with van der Waals surface area (Å²) in [6.07, 6.45) is 0. The molecule has 0 radical (unpaired) electrons. The summed E-state index contributed by atoms with van der Waals surface area (Å²) >= 11 is 0. The Morgan fingerprint density at radius 3 is 2.86 bits per heavy atom. The van der Waals surface area contributed by atoms with Crippen LogP contribution in [0.5, 0.6) is 0 Å². The third kappa shape index (κ3) is 2.29. The molecule has 14 heavy (non-hydrogen) atoms. The Morgan fingerprint density at radius 2 is 2.29 bits per heavy atom. The Morgan fingerprint density at radius 1 is 1.57 bits per heavy atom. The van der Waals surface area contributed by atoms with Crippen molar-refractivity contribution < 1.29 is 19.0 Å². The first-order valence-electron chi connectivity index (χ1n) is 4.25. The summed E-state index contributed by atoms with van der Waals surface area (Å²) in [5.74, 6) is -1.35. The molecular weight excluding hydrogens is 187 g/mol. The largest absolute Gasteiger partial charge is 0.462 e. The molecule has 0 heterocycles. The van der Waals surface area contributed by atoms with Gasteiger partial charge in [-0.3, -0.25) is 0 Å². The summed E-state index contributed by atoms with van der Waals surface area (Å²) in [6, 6.07) is 3.84. The zero-order chi connectivity index (χ0) is 10.6. The van der Waals surface area contributed by atoms with E-state index >= 15 is 0 Å². The summed E-state index contributed by atoms with van der Waals surface area (Å²) in [5, 5.41) is 8.79. The highest BCUT2D eigenvalue weighted by molar-refractivity contribution is 5.89. The molecule has 0 unspecified atom stereocenters. The number of aliphatic hydroxyl groups is 1. The van der Waals surface area contributed by atoms with Gasteiger partial charge in [0.25, 0.3) is 0 Å². The van der Waals surface area contributed by atoms with Crippen molar-refractivity contribution in [1.29, 1.82) is 0 Å². The molecule has 0 aliphatic rings. The van der Waals surface area contributed by atoms with Gasteiger partial charge in [0, 0.05) is 0 Å². The van der Waals surface area contributed by atoms with Crippen LogP contribution in [0, 0.1) is 5.82 Å². The van der Waals surface area contributed by atoms with Crippen LogP contribution in [0.1, 0.15) is 22.8 Å². The van der Waals surface area contributed by atoms with Gasteiger partial charge in [-0.15, -0.1) is 0 Å². The molecule has 0 aliphatic carbocycles. The van der Waals surface area contributed by atoms with E-state index in [1.54, 1.807) is 6.92 Å². The molecule has 1 aromatic rings. The second-order valence-electron chi connectivity index (χ2n) is 2.69. The lowest BCUT2D eigenvalue weighted by Gasteiger charge is -2.04. The number of hydrogen-bond acceptors (Lipinski definition) is 3. The molecule has 4 heteroatoms. The van der Waals surface area contributed by atoms with E-state index in [1.165, 1.54) is 12.1 Å². The normalized spacial score (nSPS) is 9.93. The van der Waals surface area contributed by atoms with Gasteiger partial charge in [-0.25, -0.2) is 9.18 Å². The van der Waals surface area contributed by atoms with Crippen molar-refractivity contribution >= 4 is 5.97 Å². The smallest absolute Gasteiger partial charge is 0.341 e. The number of rotatable bonds is 3. The van der Waals surface area contributed by atoms with Gasteiger partial charge in [0.2, 0.25) is 0 Å². The Hall–Kier alpha value is -1.42. The van der Waals surface area contributed by atoms with E-state index in [0.29, 0.717) is 5.56 Å². The summed E-state index contributed by atoms with van der Waals surface area (Å²) < 4.78 is 17.7. The van der Waals surface area contributed by atoms with Crippen molar-refractivity contribution in [2.75, 3.05) is 6.61 Å². The van der Waals surface area contributed by atoms with Crippen molar-refractivity contribution in [2.24, 2.45) is 0 Å². The van der Waals surface area contributed by atoms with Gasteiger partial charge in [0.15, 0.2) is 0 Å². The molecule has 76 valence electrons. The lowest BCUT2D eigenvalue weighted by atomic mass is 10.1. The van der Waals surface area contributed by atoms with Crippen molar-refractivity contribution in [3.8, 4) is 0 Å². The fraction of sp³-hybridized carbons (Fsp3) is 0.300. The predicted octanol–water partition coefficient (Wildman–Crippen LogP) is 1.49. The standard InChI is InChI=1S/C10H11FO3/c1-2-14-10(13)8-5-7(6-12)3-4-9(8)11/h3-5,12H,2,6H2,1H3. The predicted molar refractivity (Wildman–Crippen MR) is 48.3 cm³/mol. The number of esters is 1. The summed E-state index contributed by atoms with van der Waals surface area (Å²) in [4.78, 5) is 11.2. The summed E-state index contributed by atoms with van der Waals surface area (Å²) in [6.45, 7) is 1.61. The number of benzene rings is 1. The van der Waals surface area contributed by atoms with Gasteiger partial charge in [0.05, 0.1) is 18.8 Å². The highest BCUT2D eigenvalue weighted by Crippen LogP contribution is 2.11. The zero-order valence-corrected chi connectivity index (χ0v) is 7.79. The molecule has 0 aromatic heterocycles. The Bertz CT molecular complexity index is 336. The van der Waals surface area contributed by atoms with Crippen LogP contribution < -0.4 is 0 Å². The van der Waals surface area contributed by atoms with Crippen molar-refractivity contribution in [3.63, 3.8) is 0 Å². The zero-order valence-electron chi connectivity index (χ0n) is 7.79. The average molecular weight is 198 g/mol. The molecule has 0 amide bonds. The second-order valence-corrected chi connectivity index (χ2v) is 2.69. The van der Waals surface area contributed by atoms with Gasteiger partial charge in [0.1, 0.15) is 5.82 Å². The summed E-state index contributed by atoms with van der Waals surface area (Å²) in [7, 11) is 0. The fourth-order valence-corrected chi connectivity index (χ4v) is 1.04. The van der Waals surface area contributed by atoms with E-state index < -0.39 is 11.8 Å². The maximum absolute atomic E-state index is 13.1. The quantitative estimate of drug-likeness (QED) is 0.748. The monoisotopic (exact) mass is 198 g/mol. The van der Waals surface area contributed by atoms with Gasteiger partial charge >= 0.3 is 5.97 Å². The van der Waals surface area contributed by atoms with Gasteiger partial charge in [-0.1, -0.05) is 6.07 Å². The van der Waals surface area contributed by atoms with E-state index in [1.807, 2.05) is 0 Å². The first-order valence-corrected chi connectivity index (χ1v) is 4.25. The number of aliphatic hydroxyl groups excluding tert-OH is 1. The molecule has 0 spiro atoms. The van der Waals surface area contributed by atoms with Crippen molar-refractivity contribution in [1.82, 2.24) is 0 Å². The fourth-order valence-electron chi connectivity index (χ4n) is 1.04. The summed E-state index contributed by atoms with van der Waals surface area (Å²) in [5.41, 5.74) is 0.341. The first kappa shape index (κ1) is 10.7. The van der Waals surface area contributed by atoms with Gasteiger partial charge in [-0.05, 0) is 24.6 Å². The van der Waals surface area contributed by atoms with Crippen molar-refractivity contribution in [3.05, 3.63) is 35.1 Å². The highest BCUT2D eigenvalue weighted by atomic mass is 19.1. The molecule has 3 nitrogen and oxygen atoms in total. The van der Waals surface area contributed by atoms with Crippen LogP contribution in [0.4, 0.5) is 4.39 Å². The third-order valence-corrected chi connectivity index (χ3v) is 1.71.